The largest absolute Gasteiger partial charge is 0.335 e. The number of nitrogens with zero attached hydrogens (tertiary/aromatic N) is 2. The Bertz CT molecular complexity index is 341. The second-order valence-corrected chi connectivity index (χ2v) is 4.71. The van der Waals surface area contributed by atoms with Gasteiger partial charge >= 0.3 is 0 Å². The first-order valence-electron chi connectivity index (χ1n) is 6.09. The summed E-state index contributed by atoms with van der Waals surface area (Å²) in [5, 5.41) is 0. The van der Waals surface area contributed by atoms with E-state index < -0.39 is 0 Å². The van der Waals surface area contributed by atoms with Gasteiger partial charge in [0.1, 0.15) is 11.6 Å². The fraction of sp³-hybridized carbons (Fsp3) is 0.692. The number of aromatic nitrogens is 2. The number of hydrogen-bond donors (Lipinski definition) is 0. The van der Waals surface area contributed by atoms with Crippen molar-refractivity contribution in [2.45, 2.75) is 47.1 Å². The monoisotopic (exact) mass is 222 g/mol. The average molecular weight is 222 g/mol. The summed E-state index contributed by atoms with van der Waals surface area (Å²) in [7, 11) is 0. The van der Waals surface area contributed by atoms with Gasteiger partial charge < -0.3 is 4.57 Å². The minimum Gasteiger partial charge on any atom is -0.335 e. The first-order valence-corrected chi connectivity index (χ1v) is 6.09. The summed E-state index contributed by atoms with van der Waals surface area (Å²) >= 11 is 0. The van der Waals surface area contributed by atoms with Crippen molar-refractivity contribution < 1.29 is 4.79 Å². The topological polar surface area (TPSA) is 34.9 Å². The highest BCUT2D eigenvalue weighted by molar-refractivity contribution is 5.82. The van der Waals surface area contributed by atoms with Crippen molar-refractivity contribution in [3.63, 3.8) is 0 Å². The molecule has 0 aliphatic carbocycles. The Hall–Kier alpha value is -1.12. The molecule has 1 aromatic rings. The number of imidazole rings is 1. The Balaban J connectivity index is 2.65. The molecule has 0 N–H and O–H groups in total. The van der Waals surface area contributed by atoms with Crippen LogP contribution in [-0.4, -0.2) is 15.3 Å². The van der Waals surface area contributed by atoms with Crippen molar-refractivity contribution >= 4 is 5.78 Å². The SMILES string of the molecule is CCCn1ccnc1CC(=O)C(C)C(C)C. The van der Waals surface area contributed by atoms with Crippen molar-refractivity contribution in [3.8, 4) is 0 Å². The molecular formula is C13H22N2O. The van der Waals surface area contributed by atoms with Crippen LogP contribution < -0.4 is 0 Å². The molecule has 0 aromatic carbocycles. The van der Waals surface area contributed by atoms with Crippen LogP contribution in [0.5, 0.6) is 0 Å². The van der Waals surface area contributed by atoms with Gasteiger partial charge in [-0.1, -0.05) is 27.7 Å². The number of ketones is 1. The van der Waals surface area contributed by atoms with Gasteiger partial charge in [0.05, 0.1) is 6.42 Å². The minimum atomic E-state index is 0.117. The molecule has 0 bridgehead atoms. The van der Waals surface area contributed by atoms with Gasteiger partial charge in [-0.2, -0.15) is 0 Å². The van der Waals surface area contributed by atoms with Crippen LogP contribution in [0.2, 0.25) is 0 Å². The molecular weight excluding hydrogens is 200 g/mol. The summed E-state index contributed by atoms with van der Waals surface area (Å²) < 4.78 is 2.07. The van der Waals surface area contributed by atoms with Gasteiger partial charge in [-0.3, -0.25) is 4.79 Å². The van der Waals surface area contributed by atoms with E-state index in [-0.39, 0.29) is 5.92 Å². The fourth-order valence-corrected chi connectivity index (χ4v) is 1.64. The lowest BCUT2D eigenvalue weighted by Gasteiger charge is -2.14. The molecule has 0 amide bonds. The van der Waals surface area contributed by atoms with E-state index in [2.05, 4.69) is 30.3 Å². The molecule has 0 aliphatic heterocycles. The van der Waals surface area contributed by atoms with Crippen LogP contribution >= 0.6 is 0 Å². The number of carbonyl (C=O) groups excluding carboxylic acids is 1. The number of hydrogen-bond acceptors (Lipinski definition) is 2. The van der Waals surface area contributed by atoms with E-state index in [0.717, 1.165) is 18.8 Å². The molecule has 1 heterocycles. The van der Waals surface area contributed by atoms with Crippen LogP contribution in [0.3, 0.4) is 0 Å². The van der Waals surface area contributed by atoms with Gasteiger partial charge in [-0.25, -0.2) is 4.98 Å². The van der Waals surface area contributed by atoms with E-state index in [0.29, 0.717) is 18.1 Å². The summed E-state index contributed by atoms with van der Waals surface area (Å²) in [6.45, 7) is 9.24. The molecule has 90 valence electrons. The van der Waals surface area contributed by atoms with Gasteiger partial charge in [-0.15, -0.1) is 0 Å². The van der Waals surface area contributed by atoms with Gasteiger partial charge in [0.15, 0.2) is 0 Å². The van der Waals surface area contributed by atoms with Crippen LogP contribution in [0.15, 0.2) is 12.4 Å². The molecule has 0 spiro atoms. The fourth-order valence-electron chi connectivity index (χ4n) is 1.64. The maximum absolute atomic E-state index is 12.0. The van der Waals surface area contributed by atoms with Gasteiger partial charge in [0.25, 0.3) is 0 Å². The highest BCUT2D eigenvalue weighted by Crippen LogP contribution is 2.13. The summed E-state index contributed by atoms with van der Waals surface area (Å²) in [6.07, 6.45) is 5.26. The third kappa shape index (κ3) is 3.19. The zero-order valence-corrected chi connectivity index (χ0v) is 10.7. The van der Waals surface area contributed by atoms with Crippen LogP contribution in [-0.2, 0) is 17.8 Å². The third-order valence-electron chi connectivity index (χ3n) is 3.11. The standard InChI is InChI=1S/C13H22N2O/c1-5-7-15-8-6-14-13(15)9-12(16)11(4)10(2)3/h6,8,10-11H,5,7,9H2,1-4H3. The lowest BCUT2D eigenvalue weighted by molar-refractivity contribution is -0.123. The van der Waals surface area contributed by atoms with Crippen LogP contribution in [0, 0.1) is 11.8 Å². The van der Waals surface area contributed by atoms with E-state index in [9.17, 15) is 4.79 Å². The van der Waals surface area contributed by atoms with Crippen LogP contribution in [0.25, 0.3) is 0 Å². The molecule has 0 fully saturated rings. The second-order valence-electron chi connectivity index (χ2n) is 4.71. The molecule has 3 heteroatoms. The van der Waals surface area contributed by atoms with Crippen molar-refractivity contribution in [2.75, 3.05) is 0 Å². The van der Waals surface area contributed by atoms with Crippen LogP contribution in [0.4, 0.5) is 0 Å². The number of carbonyl (C=O) groups is 1. The lowest BCUT2D eigenvalue weighted by Crippen LogP contribution is -2.20. The Morgan fingerprint density at radius 1 is 1.44 bits per heavy atom. The molecule has 1 unspecified atom stereocenters. The minimum absolute atomic E-state index is 0.117. The third-order valence-corrected chi connectivity index (χ3v) is 3.11. The second kappa shape index (κ2) is 5.83. The summed E-state index contributed by atoms with van der Waals surface area (Å²) in [5.74, 6) is 1.71. The molecule has 1 rings (SSSR count). The average Bonchev–Trinajstić information content (AvgIpc) is 2.65. The van der Waals surface area contributed by atoms with E-state index in [1.54, 1.807) is 6.20 Å². The Morgan fingerprint density at radius 3 is 2.69 bits per heavy atom. The quantitative estimate of drug-likeness (QED) is 0.741. The highest BCUT2D eigenvalue weighted by atomic mass is 16.1. The Kier molecular flexibility index (Phi) is 4.71. The van der Waals surface area contributed by atoms with Crippen molar-refractivity contribution in [3.05, 3.63) is 18.2 Å². The number of rotatable bonds is 6. The highest BCUT2D eigenvalue weighted by Gasteiger charge is 2.18. The molecule has 1 aromatic heterocycles. The molecule has 0 radical (unpaired) electrons. The summed E-state index contributed by atoms with van der Waals surface area (Å²) in [6, 6.07) is 0. The van der Waals surface area contributed by atoms with E-state index in [4.69, 9.17) is 0 Å². The molecule has 0 saturated heterocycles. The first-order chi connectivity index (χ1) is 7.56. The van der Waals surface area contributed by atoms with Crippen molar-refractivity contribution in [2.24, 2.45) is 11.8 Å². The Morgan fingerprint density at radius 2 is 2.12 bits per heavy atom. The molecule has 0 saturated carbocycles. The zero-order chi connectivity index (χ0) is 12.1. The lowest BCUT2D eigenvalue weighted by atomic mass is 9.92. The molecule has 0 aliphatic rings. The Labute approximate surface area is 97.9 Å². The molecule has 3 nitrogen and oxygen atoms in total. The zero-order valence-electron chi connectivity index (χ0n) is 10.7. The number of Topliss-reactive ketones (excluding diaryl/α,β-unsaturated/α-hetero) is 1. The number of aryl methyl sites for hydroxylation is 1. The summed E-state index contributed by atoms with van der Waals surface area (Å²) in [4.78, 5) is 16.2. The van der Waals surface area contributed by atoms with Crippen molar-refractivity contribution in [1.82, 2.24) is 9.55 Å². The molecule has 1 atom stereocenters. The predicted molar refractivity (Wildman–Crippen MR) is 65.2 cm³/mol. The van der Waals surface area contributed by atoms with Gasteiger partial charge in [-0.05, 0) is 12.3 Å². The van der Waals surface area contributed by atoms with E-state index in [1.807, 2.05) is 13.1 Å². The normalized spacial score (nSPS) is 13.1. The van der Waals surface area contributed by atoms with Crippen molar-refractivity contribution in [1.29, 1.82) is 0 Å². The predicted octanol–water partition coefficient (Wildman–Crippen LogP) is 2.70. The summed E-state index contributed by atoms with van der Waals surface area (Å²) in [5.41, 5.74) is 0. The maximum Gasteiger partial charge on any atom is 0.143 e. The van der Waals surface area contributed by atoms with Gasteiger partial charge in [0, 0.05) is 24.9 Å². The molecule has 16 heavy (non-hydrogen) atoms. The van der Waals surface area contributed by atoms with Crippen LogP contribution in [0.1, 0.15) is 39.9 Å². The smallest absolute Gasteiger partial charge is 0.143 e. The van der Waals surface area contributed by atoms with E-state index >= 15 is 0 Å². The van der Waals surface area contributed by atoms with E-state index in [1.165, 1.54) is 0 Å². The van der Waals surface area contributed by atoms with Gasteiger partial charge in [0.2, 0.25) is 0 Å². The maximum atomic E-state index is 12.0. The first kappa shape index (κ1) is 12.9.